The molecule has 0 aliphatic carbocycles. The fourth-order valence-electron chi connectivity index (χ4n) is 4.15. The lowest BCUT2D eigenvalue weighted by atomic mass is 9.98. The summed E-state index contributed by atoms with van der Waals surface area (Å²) in [5.41, 5.74) is 2.74. The predicted octanol–water partition coefficient (Wildman–Crippen LogP) is 1.99. The van der Waals surface area contributed by atoms with E-state index in [0.29, 0.717) is 17.4 Å². The van der Waals surface area contributed by atoms with Gasteiger partial charge in [-0.15, -0.1) is 0 Å². The van der Waals surface area contributed by atoms with E-state index in [2.05, 4.69) is 25.2 Å². The topological polar surface area (TPSA) is 95.6 Å². The third-order valence-corrected chi connectivity index (χ3v) is 5.71. The van der Waals surface area contributed by atoms with Crippen LogP contribution in [0, 0.1) is 5.92 Å². The highest BCUT2D eigenvalue weighted by atomic mass is 16.5. The van der Waals surface area contributed by atoms with Gasteiger partial charge in [-0.1, -0.05) is 0 Å². The largest absolute Gasteiger partial charge is 0.493 e. The quantitative estimate of drug-likeness (QED) is 0.636. The number of aromatic amines is 1. The van der Waals surface area contributed by atoms with Crippen LogP contribution in [0.1, 0.15) is 5.56 Å². The maximum Gasteiger partial charge on any atom is 0.260 e. The van der Waals surface area contributed by atoms with Gasteiger partial charge in [0, 0.05) is 57.1 Å². The first-order valence-electron chi connectivity index (χ1n) is 9.96. The SMILES string of the molecule is COc1ccc2cc1OCC(=O)N(C)CC1CN(Cc3c[nH]c4ncnc(c34)N2)C1. The van der Waals surface area contributed by atoms with Crippen LogP contribution < -0.4 is 14.8 Å². The summed E-state index contributed by atoms with van der Waals surface area (Å²) in [4.78, 5) is 28.8. The van der Waals surface area contributed by atoms with Crippen molar-refractivity contribution in [3.05, 3.63) is 36.3 Å². The first kappa shape index (κ1) is 18.7. The Labute approximate surface area is 174 Å². The number of fused-ring (bicyclic) bond motifs is 4. The molecule has 1 fully saturated rings. The number of hydrogen-bond donors (Lipinski definition) is 2. The van der Waals surface area contributed by atoms with Crippen LogP contribution in [0.5, 0.6) is 11.5 Å². The Kier molecular flexibility index (Phi) is 4.66. The van der Waals surface area contributed by atoms with Gasteiger partial charge in [-0.05, 0) is 17.7 Å². The van der Waals surface area contributed by atoms with Crippen LogP contribution in [-0.2, 0) is 11.3 Å². The van der Waals surface area contributed by atoms with E-state index in [4.69, 9.17) is 9.47 Å². The fraction of sp³-hybridized carbons (Fsp3) is 0.381. The summed E-state index contributed by atoms with van der Waals surface area (Å²) in [6.45, 7) is 3.41. The number of H-pyrrole nitrogens is 1. The number of ether oxygens (including phenoxy) is 2. The van der Waals surface area contributed by atoms with Crippen molar-refractivity contribution in [3.63, 3.8) is 0 Å². The second-order valence-corrected chi connectivity index (χ2v) is 7.87. The molecule has 2 aromatic heterocycles. The molecule has 9 heteroatoms. The normalized spacial score (nSPS) is 21.5. The van der Waals surface area contributed by atoms with E-state index in [0.717, 1.165) is 54.3 Å². The van der Waals surface area contributed by atoms with Crippen molar-refractivity contribution in [2.45, 2.75) is 6.54 Å². The summed E-state index contributed by atoms with van der Waals surface area (Å²) in [6, 6.07) is 5.52. The monoisotopic (exact) mass is 408 g/mol. The lowest BCUT2D eigenvalue weighted by Crippen LogP contribution is -2.51. The molecule has 0 atom stereocenters. The Morgan fingerprint density at radius 1 is 1.23 bits per heavy atom. The van der Waals surface area contributed by atoms with Crippen molar-refractivity contribution in [1.82, 2.24) is 24.8 Å². The van der Waals surface area contributed by atoms with Crippen LogP contribution in [0.4, 0.5) is 11.5 Å². The van der Waals surface area contributed by atoms with E-state index in [9.17, 15) is 4.79 Å². The van der Waals surface area contributed by atoms with E-state index in [-0.39, 0.29) is 12.5 Å². The second kappa shape index (κ2) is 7.49. The van der Waals surface area contributed by atoms with Gasteiger partial charge in [-0.25, -0.2) is 9.97 Å². The number of aromatic nitrogens is 3. The van der Waals surface area contributed by atoms with E-state index >= 15 is 0 Å². The van der Waals surface area contributed by atoms with Crippen LogP contribution >= 0.6 is 0 Å². The first-order valence-corrected chi connectivity index (χ1v) is 9.96. The molecule has 3 aromatic rings. The van der Waals surface area contributed by atoms with E-state index in [1.165, 1.54) is 0 Å². The zero-order chi connectivity index (χ0) is 20.7. The third-order valence-electron chi connectivity index (χ3n) is 5.71. The number of nitrogens with zero attached hydrogens (tertiary/aromatic N) is 4. The van der Waals surface area contributed by atoms with Gasteiger partial charge in [0.2, 0.25) is 0 Å². The number of nitrogens with one attached hydrogen (secondary N) is 2. The van der Waals surface area contributed by atoms with Gasteiger partial charge in [-0.2, -0.15) is 0 Å². The van der Waals surface area contributed by atoms with Crippen LogP contribution in [0.15, 0.2) is 30.7 Å². The summed E-state index contributed by atoms with van der Waals surface area (Å²) >= 11 is 0. The minimum Gasteiger partial charge on any atom is -0.493 e. The molecule has 0 unspecified atom stereocenters. The van der Waals surface area contributed by atoms with Crippen LogP contribution in [0.25, 0.3) is 11.0 Å². The zero-order valence-electron chi connectivity index (χ0n) is 17.0. The van der Waals surface area contributed by atoms with Gasteiger partial charge in [0.1, 0.15) is 17.8 Å². The molecule has 4 bridgehead atoms. The summed E-state index contributed by atoms with van der Waals surface area (Å²) in [7, 11) is 3.41. The lowest BCUT2D eigenvalue weighted by Gasteiger charge is -2.41. The standard InChI is InChI=1S/C21H24N6O3/c1-26-7-13-8-27(9-13)10-14-6-22-20-19(14)21(24-12-23-20)25-15-3-4-16(29-2)17(5-15)30-11-18(26)28/h3-6,12-13H,7-11H2,1-2H3,(H2,22,23,24,25). The third kappa shape index (κ3) is 3.41. The number of carbonyl (C=O) groups excluding carboxylic acids is 1. The Balaban J connectivity index is 1.54. The van der Waals surface area contributed by atoms with Crippen LogP contribution in [-0.4, -0.2) is 71.1 Å². The van der Waals surface area contributed by atoms with Crippen molar-refractivity contribution in [1.29, 1.82) is 0 Å². The van der Waals surface area contributed by atoms with Crippen molar-refractivity contribution in [2.24, 2.45) is 5.92 Å². The molecule has 3 aliphatic rings. The predicted molar refractivity (Wildman–Crippen MR) is 112 cm³/mol. The maximum absolute atomic E-state index is 12.5. The second-order valence-electron chi connectivity index (χ2n) is 7.87. The summed E-state index contributed by atoms with van der Waals surface area (Å²) < 4.78 is 11.2. The summed E-state index contributed by atoms with van der Waals surface area (Å²) in [5.74, 6) is 2.22. The lowest BCUT2D eigenvalue weighted by molar-refractivity contribution is -0.133. The smallest absolute Gasteiger partial charge is 0.260 e. The number of hydrogen-bond acceptors (Lipinski definition) is 7. The minimum absolute atomic E-state index is 0.0353. The van der Waals surface area contributed by atoms with Gasteiger partial charge in [0.15, 0.2) is 18.1 Å². The molecule has 3 aliphatic heterocycles. The van der Waals surface area contributed by atoms with Crippen molar-refractivity contribution < 1.29 is 14.3 Å². The van der Waals surface area contributed by atoms with Gasteiger partial charge >= 0.3 is 0 Å². The van der Waals surface area contributed by atoms with E-state index in [1.54, 1.807) is 18.3 Å². The number of benzene rings is 1. The molecule has 1 amide bonds. The number of carbonyl (C=O) groups is 1. The molecule has 2 N–H and O–H groups in total. The molecule has 0 spiro atoms. The molecule has 1 saturated heterocycles. The number of rotatable bonds is 1. The molecular formula is C21H24N6O3. The fourth-order valence-corrected chi connectivity index (χ4v) is 4.15. The number of amides is 1. The molecule has 156 valence electrons. The Morgan fingerprint density at radius 3 is 2.93 bits per heavy atom. The summed E-state index contributed by atoms with van der Waals surface area (Å²) in [5, 5.41) is 4.36. The molecule has 9 nitrogen and oxygen atoms in total. The number of anilines is 2. The van der Waals surface area contributed by atoms with Crippen LogP contribution in [0.2, 0.25) is 0 Å². The molecule has 1 aromatic carbocycles. The molecular weight excluding hydrogens is 384 g/mol. The summed E-state index contributed by atoms with van der Waals surface area (Å²) in [6.07, 6.45) is 3.54. The Hall–Kier alpha value is -3.33. The Bertz CT molecular complexity index is 1090. The zero-order valence-corrected chi connectivity index (χ0v) is 17.0. The highest BCUT2D eigenvalue weighted by Gasteiger charge is 2.30. The first-order chi connectivity index (χ1) is 14.6. The van der Waals surface area contributed by atoms with Crippen LogP contribution in [0.3, 0.4) is 0 Å². The highest BCUT2D eigenvalue weighted by Crippen LogP contribution is 2.34. The van der Waals surface area contributed by atoms with E-state index < -0.39 is 0 Å². The van der Waals surface area contributed by atoms with Gasteiger partial charge in [0.05, 0.1) is 12.5 Å². The Morgan fingerprint density at radius 2 is 2.10 bits per heavy atom. The van der Waals surface area contributed by atoms with Crippen molar-refractivity contribution in [3.8, 4) is 11.5 Å². The van der Waals surface area contributed by atoms with Gasteiger partial charge in [0.25, 0.3) is 5.91 Å². The highest BCUT2D eigenvalue weighted by molar-refractivity contribution is 5.92. The van der Waals surface area contributed by atoms with E-state index in [1.807, 2.05) is 31.4 Å². The molecule has 6 rings (SSSR count). The minimum atomic E-state index is -0.0496. The molecule has 5 heterocycles. The molecule has 30 heavy (non-hydrogen) atoms. The molecule has 0 radical (unpaired) electrons. The maximum atomic E-state index is 12.5. The molecule has 0 saturated carbocycles. The van der Waals surface area contributed by atoms with Gasteiger partial charge < -0.3 is 24.7 Å². The van der Waals surface area contributed by atoms with Gasteiger partial charge in [-0.3, -0.25) is 9.69 Å². The number of likely N-dealkylation sites (N-methyl/N-ethyl adjacent to an activating group) is 1. The average molecular weight is 408 g/mol. The average Bonchev–Trinajstić information content (AvgIpc) is 3.13. The van der Waals surface area contributed by atoms with Crippen molar-refractivity contribution in [2.75, 3.05) is 45.7 Å². The number of methoxy groups -OCH3 is 1. The van der Waals surface area contributed by atoms with Crippen molar-refractivity contribution >= 4 is 28.4 Å².